The number of carbonyl (C=O) groups is 1. The van der Waals surface area contributed by atoms with Crippen molar-refractivity contribution in [3.8, 4) is 0 Å². The molecule has 0 amide bonds. The number of aliphatic hydroxyl groups is 1. The molecule has 0 bridgehead atoms. The van der Waals surface area contributed by atoms with E-state index in [4.69, 9.17) is 4.98 Å². The lowest BCUT2D eigenvalue weighted by molar-refractivity contribution is -0.116. The van der Waals surface area contributed by atoms with Crippen molar-refractivity contribution in [2.24, 2.45) is 5.10 Å². The predicted molar refractivity (Wildman–Crippen MR) is 148 cm³/mol. The molecule has 1 aliphatic rings. The number of aliphatic hydroxyl groups excluding tert-OH is 1. The molecule has 1 aliphatic carbocycles. The molecule has 1 heterocycles. The van der Waals surface area contributed by atoms with Gasteiger partial charge in [-0.15, -0.1) is 0 Å². The van der Waals surface area contributed by atoms with E-state index >= 15 is 0 Å². The van der Waals surface area contributed by atoms with E-state index in [0.29, 0.717) is 36.4 Å². The van der Waals surface area contributed by atoms with Crippen LogP contribution in [0.5, 0.6) is 0 Å². The summed E-state index contributed by atoms with van der Waals surface area (Å²) in [5, 5.41) is 18.8. The highest BCUT2D eigenvalue weighted by Crippen LogP contribution is 2.38. The molecule has 0 saturated heterocycles. The van der Waals surface area contributed by atoms with E-state index in [-0.39, 0.29) is 17.5 Å². The molecular formula is C31H31N3O2. The molecule has 5 nitrogen and oxygen atoms in total. The van der Waals surface area contributed by atoms with E-state index < -0.39 is 0 Å². The van der Waals surface area contributed by atoms with Crippen LogP contribution in [0.15, 0.2) is 77.1 Å². The van der Waals surface area contributed by atoms with Crippen LogP contribution in [0.4, 0.5) is 5.82 Å². The zero-order valence-corrected chi connectivity index (χ0v) is 21.2. The number of pyridine rings is 1. The van der Waals surface area contributed by atoms with Gasteiger partial charge in [0.05, 0.1) is 16.8 Å². The number of carbonyl (C=O) groups excluding carboxylic acids is 1. The Balaban J connectivity index is 1.50. The first-order valence-electron chi connectivity index (χ1n) is 12.5. The normalized spacial score (nSPS) is 16.7. The Morgan fingerprint density at radius 3 is 2.28 bits per heavy atom. The van der Waals surface area contributed by atoms with Gasteiger partial charge in [-0.1, -0.05) is 67.1 Å². The topological polar surface area (TPSA) is 74.6 Å². The minimum absolute atomic E-state index is 0.0287. The number of benzene rings is 3. The van der Waals surface area contributed by atoms with Gasteiger partial charge in [0, 0.05) is 23.6 Å². The van der Waals surface area contributed by atoms with Crippen molar-refractivity contribution in [1.82, 2.24) is 4.98 Å². The van der Waals surface area contributed by atoms with Crippen molar-refractivity contribution in [2.75, 3.05) is 5.43 Å². The first-order chi connectivity index (χ1) is 17.4. The van der Waals surface area contributed by atoms with Gasteiger partial charge in [0.1, 0.15) is 5.76 Å². The lowest BCUT2D eigenvalue weighted by Gasteiger charge is -2.27. The first kappa shape index (κ1) is 23.7. The number of allylic oxidation sites excluding steroid dienone is 2. The van der Waals surface area contributed by atoms with Crippen molar-refractivity contribution < 1.29 is 9.90 Å². The molecule has 0 spiro atoms. The third-order valence-electron chi connectivity index (χ3n) is 7.11. The Morgan fingerprint density at radius 1 is 0.972 bits per heavy atom. The van der Waals surface area contributed by atoms with Gasteiger partial charge in [0.2, 0.25) is 0 Å². The van der Waals surface area contributed by atoms with Crippen LogP contribution in [0.2, 0.25) is 0 Å². The van der Waals surface area contributed by atoms with Gasteiger partial charge < -0.3 is 5.11 Å². The lowest BCUT2D eigenvalue weighted by Crippen LogP contribution is -2.25. The maximum absolute atomic E-state index is 13.3. The number of hydrogen-bond acceptors (Lipinski definition) is 5. The van der Waals surface area contributed by atoms with Crippen molar-refractivity contribution in [3.05, 3.63) is 94.2 Å². The largest absolute Gasteiger partial charge is 0.511 e. The molecule has 2 N–H and O–H groups in total. The Morgan fingerprint density at radius 2 is 1.61 bits per heavy atom. The zero-order chi connectivity index (χ0) is 25.4. The average molecular weight is 478 g/mol. The predicted octanol–water partition coefficient (Wildman–Crippen LogP) is 7.45. The molecule has 36 heavy (non-hydrogen) atoms. The molecule has 4 aromatic rings. The van der Waals surface area contributed by atoms with Crippen LogP contribution >= 0.6 is 0 Å². The standard InChI is InChI=1S/C31H31N3O2/c1-5-25(30-27(35)16-21(17-28(30)36)29-19(3)14-18(2)15-20(29)4)33-34-31-24-12-7-6-10-22(24)23-11-8-9-13-26(23)32-31/h6-15,21,35H,5,16-17H2,1-4H3,(H,32,34)/b33-25+. The Kier molecular flexibility index (Phi) is 6.31. The van der Waals surface area contributed by atoms with Gasteiger partial charge in [-0.2, -0.15) is 5.10 Å². The summed E-state index contributed by atoms with van der Waals surface area (Å²) in [5.41, 5.74) is 9.58. The molecule has 3 aromatic carbocycles. The van der Waals surface area contributed by atoms with Crippen molar-refractivity contribution in [3.63, 3.8) is 0 Å². The maximum Gasteiger partial charge on any atom is 0.168 e. The van der Waals surface area contributed by atoms with Crippen LogP contribution in [-0.4, -0.2) is 21.6 Å². The van der Waals surface area contributed by atoms with Crippen molar-refractivity contribution >= 4 is 39.0 Å². The van der Waals surface area contributed by atoms with E-state index in [0.717, 1.165) is 21.7 Å². The van der Waals surface area contributed by atoms with E-state index in [2.05, 4.69) is 55.6 Å². The summed E-state index contributed by atoms with van der Waals surface area (Å²) >= 11 is 0. The summed E-state index contributed by atoms with van der Waals surface area (Å²) in [6, 6.07) is 20.4. The van der Waals surface area contributed by atoms with Crippen LogP contribution in [0, 0.1) is 20.8 Å². The summed E-state index contributed by atoms with van der Waals surface area (Å²) < 4.78 is 0. The maximum atomic E-state index is 13.3. The third kappa shape index (κ3) is 4.26. The molecule has 0 radical (unpaired) electrons. The number of aryl methyl sites for hydroxylation is 3. The summed E-state index contributed by atoms with van der Waals surface area (Å²) in [4.78, 5) is 18.1. The van der Waals surface area contributed by atoms with Gasteiger partial charge >= 0.3 is 0 Å². The number of ketones is 1. The van der Waals surface area contributed by atoms with Gasteiger partial charge in [-0.05, 0) is 61.3 Å². The molecule has 0 aliphatic heterocycles. The fourth-order valence-corrected chi connectivity index (χ4v) is 5.68. The number of para-hydroxylation sites is 1. The fraction of sp³-hybridized carbons (Fsp3) is 0.258. The monoisotopic (exact) mass is 477 g/mol. The smallest absolute Gasteiger partial charge is 0.168 e. The third-order valence-corrected chi connectivity index (χ3v) is 7.11. The molecule has 1 unspecified atom stereocenters. The quantitative estimate of drug-likeness (QED) is 0.178. The minimum atomic E-state index is -0.0677. The highest BCUT2D eigenvalue weighted by atomic mass is 16.3. The molecule has 1 aromatic heterocycles. The van der Waals surface area contributed by atoms with E-state index in [9.17, 15) is 9.90 Å². The number of rotatable bonds is 5. The molecule has 182 valence electrons. The molecular weight excluding hydrogens is 446 g/mol. The Bertz CT molecular complexity index is 1540. The van der Waals surface area contributed by atoms with Gasteiger partial charge in [0.15, 0.2) is 11.6 Å². The highest BCUT2D eigenvalue weighted by Gasteiger charge is 2.32. The van der Waals surface area contributed by atoms with E-state index in [1.807, 2.05) is 43.3 Å². The average Bonchev–Trinajstić information content (AvgIpc) is 2.85. The van der Waals surface area contributed by atoms with Crippen molar-refractivity contribution in [2.45, 2.75) is 52.9 Å². The summed E-state index contributed by atoms with van der Waals surface area (Å²) in [6.07, 6.45) is 1.30. The molecule has 0 fully saturated rings. The van der Waals surface area contributed by atoms with E-state index in [1.54, 1.807) is 0 Å². The number of anilines is 1. The highest BCUT2D eigenvalue weighted by molar-refractivity contribution is 6.23. The van der Waals surface area contributed by atoms with E-state index in [1.165, 1.54) is 22.3 Å². The number of fused-ring (bicyclic) bond motifs is 3. The molecule has 0 saturated carbocycles. The van der Waals surface area contributed by atoms with Crippen LogP contribution in [0.3, 0.4) is 0 Å². The Hall–Kier alpha value is -3.99. The number of nitrogens with one attached hydrogen (secondary N) is 1. The second kappa shape index (κ2) is 9.57. The van der Waals surface area contributed by atoms with Crippen LogP contribution in [0.25, 0.3) is 21.7 Å². The van der Waals surface area contributed by atoms with Gasteiger partial charge in [-0.3, -0.25) is 10.2 Å². The fourth-order valence-electron chi connectivity index (χ4n) is 5.68. The Labute approximate surface area is 211 Å². The molecule has 5 rings (SSSR count). The second-order valence-electron chi connectivity index (χ2n) is 9.71. The van der Waals surface area contributed by atoms with Crippen LogP contribution < -0.4 is 5.43 Å². The first-order valence-corrected chi connectivity index (χ1v) is 12.5. The summed E-state index contributed by atoms with van der Waals surface area (Å²) in [5.74, 6) is 0.651. The number of nitrogens with zero attached hydrogens (tertiary/aromatic N) is 2. The van der Waals surface area contributed by atoms with Crippen LogP contribution in [-0.2, 0) is 4.79 Å². The number of Topliss-reactive ketones (excluding diaryl/α,β-unsaturated/α-hetero) is 1. The minimum Gasteiger partial charge on any atom is -0.511 e. The number of hydrogen-bond donors (Lipinski definition) is 2. The van der Waals surface area contributed by atoms with Gasteiger partial charge in [0.25, 0.3) is 0 Å². The SMILES string of the molecule is CC/C(=N\Nc1nc2ccccc2c2ccccc12)C1=C(O)CC(c2c(C)cc(C)cc2C)CC1=O. The summed E-state index contributed by atoms with van der Waals surface area (Å²) in [6.45, 7) is 8.19. The number of aromatic nitrogens is 1. The second-order valence-corrected chi connectivity index (χ2v) is 9.71. The molecule has 5 heteroatoms. The summed E-state index contributed by atoms with van der Waals surface area (Å²) in [7, 11) is 0. The lowest BCUT2D eigenvalue weighted by atomic mass is 9.78. The molecule has 1 atom stereocenters. The van der Waals surface area contributed by atoms with Gasteiger partial charge in [-0.25, -0.2) is 4.98 Å². The van der Waals surface area contributed by atoms with Crippen LogP contribution in [0.1, 0.15) is 54.4 Å². The zero-order valence-electron chi connectivity index (χ0n) is 21.2. The van der Waals surface area contributed by atoms with Crippen molar-refractivity contribution in [1.29, 1.82) is 0 Å². The number of hydrazone groups is 1.